The summed E-state index contributed by atoms with van der Waals surface area (Å²) < 4.78 is 2.21. The van der Waals surface area contributed by atoms with Gasteiger partial charge in [0.25, 0.3) is 0 Å². The first-order valence-electron chi connectivity index (χ1n) is 6.21. The normalized spacial score (nSPS) is 14.6. The number of aromatic nitrogens is 2. The lowest BCUT2D eigenvalue weighted by molar-refractivity contribution is 0.628. The first-order chi connectivity index (χ1) is 8.74. The predicted octanol–water partition coefficient (Wildman–Crippen LogP) is 4.12. The second kappa shape index (κ2) is 4.94. The fourth-order valence-electron chi connectivity index (χ4n) is 2.50. The van der Waals surface area contributed by atoms with E-state index in [2.05, 4.69) is 9.55 Å². The van der Waals surface area contributed by atoms with Crippen LogP contribution in [0.1, 0.15) is 29.8 Å². The number of halogens is 2. The van der Waals surface area contributed by atoms with Crippen LogP contribution in [0.4, 0.5) is 0 Å². The Morgan fingerprint density at radius 1 is 1.17 bits per heavy atom. The van der Waals surface area contributed by atoms with Gasteiger partial charge in [-0.2, -0.15) is 0 Å². The van der Waals surface area contributed by atoms with Crippen LogP contribution in [0.3, 0.4) is 0 Å². The molecule has 94 valence electrons. The molecule has 3 rings (SSSR count). The number of hydrogen-bond acceptors (Lipinski definition) is 1. The van der Waals surface area contributed by atoms with Crippen molar-refractivity contribution in [3.8, 4) is 0 Å². The van der Waals surface area contributed by atoms with Gasteiger partial charge < -0.3 is 4.57 Å². The largest absolute Gasteiger partial charge is 0.330 e. The lowest BCUT2D eigenvalue weighted by atomic mass is 10.0. The van der Waals surface area contributed by atoms with Crippen LogP contribution in [0, 0.1) is 0 Å². The molecule has 0 N–H and O–H groups in total. The predicted molar refractivity (Wildman–Crippen MR) is 74.4 cm³/mol. The Bertz CT molecular complexity index is 575. The SMILES string of the molecule is Clc1ccc(Cn2cnc3c2CCCC3)c(Cl)c1. The Labute approximate surface area is 117 Å². The summed E-state index contributed by atoms with van der Waals surface area (Å²) in [6.45, 7) is 0.776. The Morgan fingerprint density at radius 2 is 2.00 bits per heavy atom. The van der Waals surface area contributed by atoms with E-state index in [0.717, 1.165) is 30.0 Å². The van der Waals surface area contributed by atoms with E-state index < -0.39 is 0 Å². The summed E-state index contributed by atoms with van der Waals surface area (Å²) >= 11 is 12.1. The average molecular weight is 281 g/mol. The van der Waals surface area contributed by atoms with Crippen LogP contribution >= 0.6 is 23.2 Å². The second-order valence-corrected chi connectivity index (χ2v) is 5.55. The topological polar surface area (TPSA) is 17.8 Å². The van der Waals surface area contributed by atoms with E-state index in [0.29, 0.717) is 5.02 Å². The Morgan fingerprint density at radius 3 is 2.83 bits per heavy atom. The summed E-state index contributed by atoms with van der Waals surface area (Å²) in [5.74, 6) is 0. The van der Waals surface area contributed by atoms with E-state index in [9.17, 15) is 0 Å². The van der Waals surface area contributed by atoms with E-state index in [1.54, 1.807) is 6.07 Å². The van der Waals surface area contributed by atoms with Gasteiger partial charge in [0.1, 0.15) is 0 Å². The number of hydrogen-bond donors (Lipinski definition) is 0. The molecule has 4 heteroatoms. The van der Waals surface area contributed by atoms with Crippen molar-refractivity contribution < 1.29 is 0 Å². The summed E-state index contributed by atoms with van der Waals surface area (Å²) in [5, 5.41) is 1.40. The minimum atomic E-state index is 0.677. The van der Waals surface area contributed by atoms with Crippen molar-refractivity contribution in [2.75, 3.05) is 0 Å². The summed E-state index contributed by atoms with van der Waals surface area (Å²) in [5.41, 5.74) is 3.71. The maximum absolute atomic E-state index is 6.21. The lowest BCUT2D eigenvalue weighted by Crippen LogP contribution is -2.09. The second-order valence-electron chi connectivity index (χ2n) is 4.71. The van der Waals surface area contributed by atoms with E-state index >= 15 is 0 Å². The molecule has 1 aromatic carbocycles. The zero-order valence-corrected chi connectivity index (χ0v) is 11.5. The molecule has 0 atom stereocenters. The molecule has 0 radical (unpaired) electrons. The van der Waals surface area contributed by atoms with Gasteiger partial charge in [-0.05, 0) is 43.4 Å². The van der Waals surface area contributed by atoms with Crippen molar-refractivity contribution in [3.63, 3.8) is 0 Å². The van der Waals surface area contributed by atoms with Gasteiger partial charge in [0, 0.05) is 15.7 Å². The van der Waals surface area contributed by atoms with E-state index in [1.807, 2.05) is 18.5 Å². The fourth-order valence-corrected chi connectivity index (χ4v) is 2.97. The van der Waals surface area contributed by atoms with Gasteiger partial charge >= 0.3 is 0 Å². The average Bonchev–Trinajstić information content (AvgIpc) is 2.76. The first-order valence-corrected chi connectivity index (χ1v) is 6.96. The van der Waals surface area contributed by atoms with Crippen LogP contribution in [0.5, 0.6) is 0 Å². The van der Waals surface area contributed by atoms with Crippen LogP contribution in [0.2, 0.25) is 10.0 Å². The summed E-state index contributed by atoms with van der Waals surface area (Å²) in [6.07, 6.45) is 6.68. The molecule has 0 spiro atoms. The lowest BCUT2D eigenvalue weighted by Gasteiger charge is -2.14. The van der Waals surface area contributed by atoms with Crippen molar-refractivity contribution in [1.29, 1.82) is 0 Å². The van der Waals surface area contributed by atoms with Gasteiger partial charge in [-0.15, -0.1) is 0 Å². The molecule has 1 aromatic heterocycles. The third-order valence-corrected chi connectivity index (χ3v) is 4.05. The summed E-state index contributed by atoms with van der Waals surface area (Å²) in [7, 11) is 0. The highest BCUT2D eigenvalue weighted by Crippen LogP contribution is 2.24. The number of aryl methyl sites for hydroxylation is 1. The first kappa shape index (κ1) is 12.1. The molecule has 0 aliphatic heterocycles. The van der Waals surface area contributed by atoms with Crippen molar-refractivity contribution in [3.05, 3.63) is 51.5 Å². The molecule has 0 unspecified atom stereocenters. The molecule has 0 amide bonds. The van der Waals surface area contributed by atoms with Crippen LogP contribution in [0.15, 0.2) is 24.5 Å². The van der Waals surface area contributed by atoms with Gasteiger partial charge in [-0.3, -0.25) is 0 Å². The molecule has 1 aliphatic rings. The maximum Gasteiger partial charge on any atom is 0.0954 e. The Kier molecular flexibility index (Phi) is 3.31. The minimum Gasteiger partial charge on any atom is -0.330 e. The molecule has 1 heterocycles. The highest BCUT2D eigenvalue weighted by Gasteiger charge is 2.15. The van der Waals surface area contributed by atoms with Crippen molar-refractivity contribution in [2.24, 2.45) is 0 Å². The number of benzene rings is 1. The van der Waals surface area contributed by atoms with E-state index in [4.69, 9.17) is 23.2 Å². The molecule has 18 heavy (non-hydrogen) atoms. The van der Waals surface area contributed by atoms with Crippen LogP contribution in [-0.2, 0) is 19.4 Å². The molecular formula is C14H14Cl2N2. The maximum atomic E-state index is 6.21. The minimum absolute atomic E-state index is 0.677. The third-order valence-electron chi connectivity index (χ3n) is 3.47. The highest BCUT2D eigenvalue weighted by molar-refractivity contribution is 6.35. The van der Waals surface area contributed by atoms with Crippen LogP contribution < -0.4 is 0 Å². The molecule has 2 aromatic rings. The molecule has 0 saturated heterocycles. The van der Waals surface area contributed by atoms with Gasteiger partial charge in [0.15, 0.2) is 0 Å². The van der Waals surface area contributed by atoms with E-state index in [-0.39, 0.29) is 0 Å². The number of fused-ring (bicyclic) bond motifs is 1. The van der Waals surface area contributed by atoms with Crippen molar-refractivity contribution >= 4 is 23.2 Å². The molecule has 0 bridgehead atoms. The molecule has 2 nitrogen and oxygen atoms in total. The summed E-state index contributed by atoms with van der Waals surface area (Å²) in [6, 6.07) is 5.66. The smallest absolute Gasteiger partial charge is 0.0954 e. The highest BCUT2D eigenvalue weighted by atomic mass is 35.5. The number of imidazole rings is 1. The molecule has 1 aliphatic carbocycles. The van der Waals surface area contributed by atoms with Crippen molar-refractivity contribution in [2.45, 2.75) is 32.2 Å². The summed E-state index contributed by atoms with van der Waals surface area (Å²) in [4.78, 5) is 4.49. The van der Waals surface area contributed by atoms with Crippen LogP contribution in [0.25, 0.3) is 0 Å². The zero-order chi connectivity index (χ0) is 12.5. The van der Waals surface area contributed by atoms with Gasteiger partial charge in [-0.25, -0.2) is 4.98 Å². The van der Waals surface area contributed by atoms with E-state index in [1.165, 1.54) is 24.2 Å². The Hall–Kier alpha value is -0.990. The third kappa shape index (κ3) is 2.27. The Balaban J connectivity index is 1.90. The zero-order valence-electron chi connectivity index (χ0n) is 10.00. The number of rotatable bonds is 2. The van der Waals surface area contributed by atoms with Gasteiger partial charge in [-0.1, -0.05) is 29.3 Å². The van der Waals surface area contributed by atoms with Crippen LogP contribution in [-0.4, -0.2) is 9.55 Å². The molecule has 0 saturated carbocycles. The number of nitrogens with zero attached hydrogens (tertiary/aromatic N) is 2. The monoisotopic (exact) mass is 280 g/mol. The fraction of sp³-hybridized carbons (Fsp3) is 0.357. The standard InChI is InChI=1S/C14H14Cl2N2/c15-11-6-5-10(12(16)7-11)8-18-9-17-13-3-1-2-4-14(13)18/h5-7,9H,1-4,8H2. The molecule has 0 fully saturated rings. The quantitative estimate of drug-likeness (QED) is 0.809. The van der Waals surface area contributed by atoms with Gasteiger partial charge in [0.2, 0.25) is 0 Å². The van der Waals surface area contributed by atoms with Gasteiger partial charge in [0.05, 0.1) is 18.6 Å². The molecular weight excluding hydrogens is 267 g/mol. The van der Waals surface area contributed by atoms with Crippen molar-refractivity contribution in [1.82, 2.24) is 9.55 Å².